The Hall–Kier alpha value is -2.57. The average molecular weight is 264 g/mol. The van der Waals surface area contributed by atoms with E-state index in [1.54, 1.807) is 6.92 Å². The topological polar surface area (TPSA) is 94.7 Å². The van der Waals surface area contributed by atoms with E-state index in [4.69, 9.17) is 14.6 Å². The molecule has 2 aromatic rings. The van der Waals surface area contributed by atoms with Crippen molar-refractivity contribution in [1.29, 1.82) is 0 Å². The molecular formula is C12H12N2O5. The predicted molar refractivity (Wildman–Crippen MR) is 63.3 cm³/mol. The third-order valence-corrected chi connectivity index (χ3v) is 2.52. The van der Waals surface area contributed by atoms with E-state index in [-0.39, 0.29) is 12.2 Å². The van der Waals surface area contributed by atoms with Crippen LogP contribution in [-0.4, -0.2) is 28.5 Å². The first kappa shape index (κ1) is 12.9. The van der Waals surface area contributed by atoms with Crippen LogP contribution in [0.15, 0.2) is 22.8 Å². The van der Waals surface area contributed by atoms with Gasteiger partial charge in [-0.3, -0.25) is 0 Å². The van der Waals surface area contributed by atoms with E-state index in [1.165, 1.54) is 25.3 Å². The highest BCUT2D eigenvalue weighted by Crippen LogP contribution is 2.28. The number of aromatic nitrogens is 2. The zero-order valence-electron chi connectivity index (χ0n) is 10.4. The molecule has 0 spiro atoms. The highest BCUT2D eigenvalue weighted by Gasteiger charge is 2.12. The van der Waals surface area contributed by atoms with Crippen LogP contribution in [0.2, 0.25) is 0 Å². The van der Waals surface area contributed by atoms with Crippen LogP contribution in [0.4, 0.5) is 0 Å². The third kappa shape index (κ3) is 2.82. The molecule has 2 rings (SSSR count). The van der Waals surface area contributed by atoms with Gasteiger partial charge in [0.25, 0.3) is 0 Å². The first-order chi connectivity index (χ1) is 9.11. The number of aromatic carboxylic acids is 1. The molecule has 1 heterocycles. The van der Waals surface area contributed by atoms with E-state index in [9.17, 15) is 4.79 Å². The Morgan fingerprint density at radius 1 is 1.37 bits per heavy atom. The Kier molecular flexibility index (Phi) is 3.65. The van der Waals surface area contributed by atoms with Gasteiger partial charge in [-0.25, -0.2) is 9.42 Å². The summed E-state index contributed by atoms with van der Waals surface area (Å²) in [5, 5.41) is 16.2. The second kappa shape index (κ2) is 5.38. The zero-order chi connectivity index (χ0) is 13.8. The van der Waals surface area contributed by atoms with Gasteiger partial charge >= 0.3 is 5.97 Å². The summed E-state index contributed by atoms with van der Waals surface area (Å²) in [6, 6.07) is 4.37. The van der Waals surface area contributed by atoms with Gasteiger partial charge in [0.05, 0.1) is 12.7 Å². The second-order valence-corrected chi connectivity index (χ2v) is 3.76. The number of carbonyl (C=O) groups is 1. The van der Waals surface area contributed by atoms with Crippen molar-refractivity contribution in [1.82, 2.24) is 10.3 Å². The number of benzene rings is 1. The van der Waals surface area contributed by atoms with E-state index < -0.39 is 5.97 Å². The SMILES string of the molecule is COc1ccc(C(=O)O)cc1OCc1nonc1C. The van der Waals surface area contributed by atoms with E-state index in [2.05, 4.69) is 14.9 Å². The minimum atomic E-state index is -1.04. The van der Waals surface area contributed by atoms with Gasteiger partial charge in [0, 0.05) is 0 Å². The molecular weight excluding hydrogens is 252 g/mol. The molecule has 0 aliphatic rings. The summed E-state index contributed by atoms with van der Waals surface area (Å²) in [7, 11) is 1.48. The zero-order valence-corrected chi connectivity index (χ0v) is 10.4. The number of carboxylic acids is 1. The Labute approximate surface area is 108 Å². The minimum absolute atomic E-state index is 0.116. The molecule has 0 saturated heterocycles. The Morgan fingerprint density at radius 3 is 2.74 bits per heavy atom. The molecule has 1 aromatic carbocycles. The summed E-state index contributed by atoms with van der Waals surface area (Å²) in [6.07, 6.45) is 0. The maximum absolute atomic E-state index is 10.9. The van der Waals surface area contributed by atoms with Crippen molar-refractivity contribution in [3.8, 4) is 11.5 Å². The Morgan fingerprint density at radius 2 is 2.16 bits per heavy atom. The first-order valence-corrected chi connectivity index (χ1v) is 5.44. The highest BCUT2D eigenvalue weighted by molar-refractivity contribution is 5.88. The van der Waals surface area contributed by atoms with Crippen LogP contribution < -0.4 is 9.47 Å². The van der Waals surface area contributed by atoms with Crippen LogP contribution in [0.3, 0.4) is 0 Å². The molecule has 1 aromatic heterocycles. The van der Waals surface area contributed by atoms with Gasteiger partial charge in [-0.15, -0.1) is 0 Å². The van der Waals surface area contributed by atoms with Crippen LogP contribution >= 0.6 is 0 Å². The molecule has 0 bridgehead atoms. The standard InChI is InChI=1S/C12H12N2O5/c1-7-9(14-19-13-7)6-18-11-5-8(12(15)16)3-4-10(11)17-2/h3-5H,6H2,1-2H3,(H,15,16). The molecule has 0 radical (unpaired) electrons. The van der Waals surface area contributed by atoms with Gasteiger partial charge in [-0.2, -0.15) is 0 Å². The summed E-state index contributed by atoms with van der Waals surface area (Å²) < 4.78 is 15.1. The van der Waals surface area contributed by atoms with E-state index in [1.807, 2.05) is 0 Å². The predicted octanol–water partition coefficient (Wildman–Crippen LogP) is 1.66. The molecule has 0 unspecified atom stereocenters. The molecule has 0 aliphatic heterocycles. The largest absolute Gasteiger partial charge is 0.493 e. The number of ether oxygens (including phenoxy) is 2. The van der Waals surface area contributed by atoms with Crippen molar-refractivity contribution >= 4 is 5.97 Å². The number of hydrogen-bond donors (Lipinski definition) is 1. The number of rotatable bonds is 5. The maximum atomic E-state index is 10.9. The van der Waals surface area contributed by atoms with Crippen molar-refractivity contribution in [2.45, 2.75) is 13.5 Å². The number of carboxylic acid groups (broad SMARTS) is 1. The Balaban J connectivity index is 2.20. The molecule has 1 N–H and O–H groups in total. The fourth-order valence-electron chi connectivity index (χ4n) is 1.45. The number of aryl methyl sites for hydroxylation is 1. The molecule has 0 atom stereocenters. The lowest BCUT2D eigenvalue weighted by atomic mass is 10.2. The lowest BCUT2D eigenvalue weighted by molar-refractivity contribution is 0.0696. The maximum Gasteiger partial charge on any atom is 0.335 e. The third-order valence-electron chi connectivity index (χ3n) is 2.52. The minimum Gasteiger partial charge on any atom is -0.493 e. The normalized spacial score (nSPS) is 10.2. The second-order valence-electron chi connectivity index (χ2n) is 3.76. The van der Waals surface area contributed by atoms with Crippen molar-refractivity contribution in [3.05, 3.63) is 35.2 Å². The fourth-order valence-corrected chi connectivity index (χ4v) is 1.45. The quantitative estimate of drug-likeness (QED) is 0.877. The summed E-state index contributed by atoms with van der Waals surface area (Å²) in [5.74, 6) is -0.268. The van der Waals surface area contributed by atoms with Gasteiger partial charge < -0.3 is 14.6 Å². The number of nitrogens with zero attached hydrogens (tertiary/aromatic N) is 2. The molecule has 0 fully saturated rings. The molecule has 7 nitrogen and oxygen atoms in total. The van der Waals surface area contributed by atoms with E-state index in [0.717, 1.165) is 0 Å². The summed E-state index contributed by atoms with van der Waals surface area (Å²) >= 11 is 0. The lowest BCUT2D eigenvalue weighted by Crippen LogP contribution is -2.02. The highest BCUT2D eigenvalue weighted by atomic mass is 16.6. The first-order valence-electron chi connectivity index (χ1n) is 5.44. The van der Waals surface area contributed by atoms with Gasteiger partial charge in [-0.05, 0) is 25.1 Å². The number of hydrogen-bond acceptors (Lipinski definition) is 6. The van der Waals surface area contributed by atoms with Gasteiger partial charge in [0.1, 0.15) is 18.0 Å². The molecule has 100 valence electrons. The molecule has 0 saturated carbocycles. The molecule has 19 heavy (non-hydrogen) atoms. The lowest BCUT2D eigenvalue weighted by Gasteiger charge is -2.10. The molecule has 0 amide bonds. The van der Waals surface area contributed by atoms with Gasteiger partial charge in [0.15, 0.2) is 11.5 Å². The van der Waals surface area contributed by atoms with Crippen LogP contribution in [0.1, 0.15) is 21.7 Å². The van der Waals surface area contributed by atoms with E-state index >= 15 is 0 Å². The monoisotopic (exact) mass is 264 g/mol. The molecule has 0 aliphatic carbocycles. The van der Waals surface area contributed by atoms with Crippen molar-refractivity contribution in [3.63, 3.8) is 0 Å². The van der Waals surface area contributed by atoms with Gasteiger partial charge in [0.2, 0.25) is 0 Å². The number of methoxy groups -OCH3 is 1. The Bertz CT molecular complexity index is 594. The average Bonchev–Trinajstić information content (AvgIpc) is 2.81. The van der Waals surface area contributed by atoms with Gasteiger partial charge in [-0.1, -0.05) is 10.3 Å². The van der Waals surface area contributed by atoms with Crippen molar-refractivity contribution in [2.24, 2.45) is 0 Å². The van der Waals surface area contributed by atoms with Crippen molar-refractivity contribution < 1.29 is 24.0 Å². The van der Waals surface area contributed by atoms with Crippen LogP contribution in [0, 0.1) is 6.92 Å². The summed E-state index contributed by atoms with van der Waals surface area (Å²) in [5.41, 5.74) is 1.28. The summed E-state index contributed by atoms with van der Waals surface area (Å²) in [6.45, 7) is 1.86. The smallest absolute Gasteiger partial charge is 0.335 e. The van der Waals surface area contributed by atoms with Crippen LogP contribution in [-0.2, 0) is 6.61 Å². The van der Waals surface area contributed by atoms with Crippen LogP contribution in [0.5, 0.6) is 11.5 Å². The van der Waals surface area contributed by atoms with Crippen LogP contribution in [0.25, 0.3) is 0 Å². The fraction of sp³-hybridized carbons (Fsp3) is 0.250. The van der Waals surface area contributed by atoms with E-state index in [0.29, 0.717) is 22.9 Å². The summed E-state index contributed by atoms with van der Waals surface area (Å²) in [4.78, 5) is 10.9. The molecule has 7 heteroatoms. The van der Waals surface area contributed by atoms with Crippen molar-refractivity contribution in [2.75, 3.05) is 7.11 Å².